The van der Waals surface area contributed by atoms with Crippen LogP contribution in [-0.2, 0) is 4.79 Å². The van der Waals surface area contributed by atoms with Gasteiger partial charge in [0.1, 0.15) is 11.6 Å². The first-order chi connectivity index (χ1) is 10.7. The molecule has 1 rings (SSSR count). The average molecular weight is 363 g/mol. The van der Waals surface area contributed by atoms with Crippen LogP contribution in [0.3, 0.4) is 0 Å². The number of hydrogen-bond donors (Lipinski definition) is 2. The Bertz CT molecular complexity index is 582. The third kappa shape index (κ3) is 6.93. The smallest absolute Gasteiger partial charge is 0.220 e. The average Bonchev–Trinajstić information content (AvgIpc) is 2.43. The quantitative estimate of drug-likeness (QED) is 0.697. The van der Waals surface area contributed by atoms with Gasteiger partial charge in [0.15, 0.2) is 5.78 Å². The van der Waals surface area contributed by atoms with E-state index in [1.807, 2.05) is 20.8 Å². The zero-order valence-corrected chi connectivity index (χ0v) is 15.0. The molecule has 136 valence electrons. The van der Waals surface area contributed by atoms with Gasteiger partial charge < -0.3 is 11.1 Å². The van der Waals surface area contributed by atoms with E-state index in [2.05, 4.69) is 5.32 Å². The Hall–Kier alpha value is -1.53. The molecule has 0 spiro atoms. The van der Waals surface area contributed by atoms with E-state index >= 15 is 0 Å². The van der Waals surface area contributed by atoms with Crippen molar-refractivity contribution in [3.8, 4) is 0 Å². The summed E-state index contributed by atoms with van der Waals surface area (Å²) in [4.78, 5) is 23.9. The van der Waals surface area contributed by atoms with Gasteiger partial charge in [-0.15, -0.1) is 12.4 Å². The van der Waals surface area contributed by atoms with E-state index < -0.39 is 23.0 Å². The monoisotopic (exact) mass is 362 g/mol. The number of hydrogen-bond acceptors (Lipinski definition) is 3. The van der Waals surface area contributed by atoms with Crippen molar-refractivity contribution in [3.63, 3.8) is 0 Å². The number of ketones is 1. The summed E-state index contributed by atoms with van der Waals surface area (Å²) >= 11 is 0. The van der Waals surface area contributed by atoms with Gasteiger partial charge in [-0.25, -0.2) is 8.78 Å². The van der Waals surface area contributed by atoms with E-state index in [1.165, 1.54) is 0 Å². The molecule has 1 atom stereocenters. The number of carbonyl (C=O) groups is 2. The summed E-state index contributed by atoms with van der Waals surface area (Å²) in [5.41, 5.74) is 4.98. The number of nitrogens with two attached hydrogens (primary N) is 1. The molecule has 1 aromatic carbocycles. The summed E-state index contributed by atoms with van der Waals surface area (Å²) < 4.78 is 26.3. The third-order valence-corrected chi connectivity index (χ3v) is 3.56. The molecule has 0 saturated carbocycles. The number of rotatable bonds is 8. The molecule has 0 aromatic heterocycles. The van der Waals surface area contributed by atoms with Gasteiger partial charge in [0.25, 0.3) is 0 Å². The van der Waals surface area contributed by atoms with Crippen molar-refractivity contribution in [2.45, 2.75) is 45.6 Å². The third-order valence-electron chi connectivity index (χ3n) is 3.56. The highest BCUT2D eigenvalue weighted by atomic mass is 35.5. The number of halogens is 3. The minimum atomic E-state index is -0.915. The number of carbonyl (C=O) groups excluding carboxylic acids is 2. The van der Waals surface area contributed by atoms with Crippen LogP contribution >= 0.6 is 12.4 Å². The highest BCUT2D eigenvalue weighted by Crippen LogP contribution is 2.16. The zero-order chi connectivity index (χ0) is 17.6. The van der Waals surface area contributed by atoms with Crippen molar-refractivity contribution in [1.29, 1.82) is 0 Å². The number of Topliss-reactive ketones (excluding diaryl/α,β-unsaturated/α-hetero) is 1. The molecule has 0 fully saturated rings. The second-order valence-electron chi connectivity index (χ2n) is 6.46. The maximum Gasteiger partial charge on any atom is 0.220 e. The maximum atomic E-state index is 13.5. The lowest BCUT2D eigenvalue weighted by Crippen LogP contribution is -2.52. The van der Waals surface area contributed by atoms with Crippen molar-refractivity contribution in [2.75, 3.05) is 6.54 Å². The number of nitrogens with one attached hydrogen (secondary N) is 1. The van der Waals surface area contributed by atoms with E-state index in [9.17, 15) is 18.4 Å². The Morgan fingerprint density at radius 2 is 1.88 bits per heavy atom. The van der Waals surface area contributed by atoms with Crippen LogP contribution in [0.4, 0.5) is 8.78 Å². The Morgan fingerprint density at radius 3 is 2.38 bits per heavy atom. The van der Waals surface area contributed by atoms with Crippen molar-refractivity contribution >= 4 is 24.1 Å². The summed E-state index contributed by atoms with van der Waals surface area (Å²) in [7, 11) is 0. The van der Waals surface area contributed by atoms with Crippen molar-refractivity contribution in [2.24, 2.45) is 11.7 Å². The molecule has 7 heteroatoms. The minimum absolute atomic E-state index is 0. The largest absolute Gasteiger partial charge is 0.350 e. The van der Waals surface area contributed by atoms with Gasteiger partial charge in [-0.2, -0.15) is 0 Å². The second-order valence-corrected chi connectivity index (χ2v) is 6.46. The Morgan fingerprint density at radius 1 is 1.25 bits per heavy atom. The van der Waals surface area contributed by atoms with Gasteiger partial charge in [0, 0.05) is 31.0 Å². The fraction of sp³-hybridized carbons (Fsp3) is 0.529. The van der Waals surface area contributed by atoms with Gasteiger partial charge >= 0.3 is 0 Å². The van der Waals surface area contributed by atoms with Crippen molar-refractivity contribution in [3.05, 3.63) is 35.4 Å². The minimum Gasteiger partial charge on any atom is -0.350 e. The Balaban J connectivity index is 0.00000529. The highest BCUT2D eigenvalue weighted by Gasteiger charge is 2.26. The molecule has 3 N–H and O–H groups in total. The normalized spacial score (nSPS) is 13.1. The fourth-order valence-corrected chi connectivity index (χ4v) is 2.56. The second kappa shape index (κ2) is 9.69. The van der Waals surface area contributed by atoms with Gasteiger partial charge in [0.2, 0.25) is 5.91 Å². The first kappa shape index (κ1) is 22.5. The molecule has 1 unspecified atom stereocenters. The van der Waals surface area contributed by atoms with Gasteiger partial charge in [-0.05, 0) is 31.4 Å². The Kier molecular flexibility index (Phi) is 9.07. The van der Waals surface area contributed by atoms with Gasteiger partial charge in [-0.3, -0.25) is 9.59 Å². The highest BCUT2D eigenvalue weighted by molar-refractivity contribution is 5.98. The molecule has 24 heavy (non-hydrogen) atoms. The van der Waals surface area contributed by atoms with Crippen LogP contribution in [0.15, 0.2) is 18.2 Å². The molecule has 4 nitrogen and oxygen atoms in total. The molecular weight excluding hydrogens is 338 g/mol. The summed E-state index contributed by atoms with van der Waals surface area (Å²) in [5, 5.41) is 2.84. The van der Waals surface area contributed by atoms with E-state index in [0.29, 0.717) is 12.0 Å². The maximum absolute atomic E-state index is 13.5. The molecule has 0 aliphatic rings. The molecule has 1 amide bonds. The molecule has 1 aromatic rings. The van der Waals surface area contributed by atoms with Crippen LogP contribution in [-0.4, -0.2) is 23.8 Å². The first-order valence-corrected chi connectivity index (χ1v) is 7.66. The molecule has 0 bridgehead atoms. The molecular formula is C17H25ClF2N2O2. The van der Waals surface area contributed by atoms with Crippen LogP contribution in [0.25, 0.3) is 0 Å². The number of benzene rings is 1. The molecule has 0 aliphatic heterocycles. The predicted octanol–water partition coefficient (Wildman–Crippen LogP) is 3.23. The van der Waals surface area contributed by atoms with E-state index in [0.717, 1.165) is 18.6 Å². The lowest BCUT2D eigenvalue weighted by atomic mass is 9.90. The lowest BCUT2D eigenvalue weighted by molar-refractivity contribution is -0.122. The first-order valence-electron chi connectivity index (χ1n) is 7.66. The standard InChI is InChI=1S/C17H24F2N2O2.ClH/c1-11(2)9-17(3,10-20)21-16(23)7-6-15(22)13-5-4-12(18)8-14(13)19;/h4-5,8,11H,6-7,9-10,20H2,1-3H3,(H,21,23);1H. The van der Waals surface area contributed by atoms with E-state index in [-0.39, 0.29) is 43.3 Å². The van der Waals surface area contributed by atoms with Crippen LogP contribution in [0, 0.1) is 17.6 Å². The van der Waals surface area contributed by atoms with Crippen molar-refractivity contribution in [1.82, 2.24) is 5.32 Å². The van der Waals surface area contributed by atoms with E-state index in [4.69, 9.17) is 5.73 Å². The topological polar surface area (TPSA) is 72.2 Å². The van der Waals surface area contributed by atoms with Gasteiger partial charge in [-0.1, -0.05) is 13.8 Å². The molecule has 0 saturated heterocycles. The van der Waals surface area contributed by atoms with Crippen LogP contribution in [0.5, 0.6) is 0 Å². The Labute approximate surface area is 147 Å². The van der Waals surface area contributed by atoms with E-state index in [1.54, 1.807) is 0 Å². The fourth-order valence-electron chi connectivity index (χ4n) is 2.56. The van der Waals surface area contributed by atoms with Gasteiger partial charge in [0.05, 0.1) is 5.56 Å². The summed E-state index contributed by atoms with van der Waals surface area (Å²) in [6, 6.07) is 2.76. The summed E-state index contributed by atoms with van der Waals surface area (Å²) in [6.45, 7) is 6.20. The van der Waals surface area contributed by atoms with Crippen molar-refractivity contribution < 1.29 is 18.4 Å². The summed E-state index contributed by atoms with van der Waals surface area (Å²) in [5.74, 6) is -2.14. The van der Waals surface area contributed by atoms with Crippen LogP contribution in [0.2, 0.25) is 0 Å². The SMILES string of the molecule is CC(C)CC(C)(CN)NC(=O)CCC(=O)c1ccc(F)cc1F.Cl. The summed E-state index contributed by atoms with van der Waals surface area (Å²) in [6.07, 6.45) is 0.510. The molecule has 0 heterocycles. The molecule has 0 radical (unpaired) electrons. The van der Waals surface area contributed by atoms with Crippen LogP contribution < -0.4 is 11.1 Å². The predicted molar refractivity (Wildman–Crippen MR) is 92.2 cm³/mol. The lowest BCUT2D eigenvalue weighted by Gasteiger charge is -2.31. The number of amides is 1. The molecule has 0 aliphatic carbocycles. The zero-order valence-electron chi connectivity index (χ0n) is 14.2. The van der Waals surface area contributed by atoms with Crippen LogP contribution in [0.1, 0.15) is 50.4 Å².